The highest BCUT2D eigenvalue weighted by Gasteiger charge is 2.43. The van der Waals surface area contributed by atoms with Gasteiger partial charge in [0.25, 0.3) is 0 Å². The smallest absolute Gasteiger partial charge is 0.165 e. The van der Waals surface area contributed by atoms with Crippen molar-refractivity contribution in [3.8, 4) is 11.8 Å². The molecule has 1 saturated heterocycles. The fraction of sp³-hybridized carbons (Fsp3) is 0.533. The molecule has 1 fully saturated rings. The maximum Gasteiger partial charge on any atom is 0.165 e. The van der Waals surface area contributed by atoms with Gasteiger partial charge in [-0.1, -0.05) is 12.1 Å². The van der Waals surface area contributed by atoms with E-state index in [9.17, 15) is 9.65 Å². The molecule has 5 heteroatoms. The topological polar surface area (TPSA) is 45.5 Å². The van der Waals surface area contributed by atoms with Gasteiger partial charge in [-0.3, -0.25) is 4.90 Å². The van der Waals surface area contributed by atoms with Crippen LogP contribution in [-0.4, -0.2) is 37.8 Å². The largest absolute Gasteiger partial charge is 0.490 e. The summed E-state index contributed by atoms with van der Waals surface area (Å²) in [5.74, 6) is -0.157. The third-order valence-corrected chi connectivity index (χ3v) is 4.08. The molecule has 2 heterocycles. The summed E-state index contributed by atoms with van der Waals surface area (Å²) in [6, 6.07) is 7.27. The number of rotatable bonds is 1. The normalized spacial score (nSPS) is 27.0. The van der Waals surface area contributed by atoms with E-state index in [1.165, 1.54) is 6.07 Å². The first kappa shape index (κ1) is 13.3. The van der Waals surface area contributed by atoms with Crippen molar-refractivity contribution in [3.63, 3.8) is 0 Å². The maximum absolute atomic E-state index is 14.0. The Labute approximate surface area is 117 Å². The van der Waals surface area contributed by atoms with E-state index in [0.717, 1.165) is 6.42 Å². The predicted molar refractivity (Wildman–Crippen MR) is 70.8 cm³/mol. The van der Waals surface area contributed by atoms with Crippen LogP contribution in [0, 0.1) is 17.1 Å². The molecule has 4 nitrogen and oxygen atoms in total. The Kier molecular flexibility index (Phi) is 3.60. The van der Waals surface area contributed by atoms with E-state index in [4.69, 9.17) is 9.47 Å². The highest BCUT2D eigenvalue weighted by Crippen LogP contribution is 2.42. The van der Waals surface area contributed by atoms with Crippen molar-refractivity contribution in [2.24, 2.45) is 0 Å². The Balaban J connectivity index is 2.11. The van der Waals surface area contributed by atoms with Crippen molar-refractivity contribution < 1.29 is 13.9 Å². The summed E-state index contributed by atoms with van der Waals surface area (Å²) in [6.07, 6.45) is 1.39. The van der Waals surface area contributed by atoms with Crippen molar-refractivity contribution in [1.29, 1.82) is 5.26 Å². The van der Waals surface area contributed by atoms with Crippen molar-refractivity contribution in [2.45, 2.75) is 18.4 Å². The summed E-state index contributed by atoms with van der Waals surface area (Å²) in [5.41, 5.74) is -0.156. The number of halogens is 1. The first-order chi connectivity index (χ1) is 9.78. The summed E-state index contributed by atoms with van der Waals surface area (Å²) in [4.78, 5) is 2.10. The predicted octanol–water partition coefficient (Wildman–Crippen LogP) is 2.05. The molecule has 0 saturated carbocycles. The van der Waals surface area contributed by atoms with Gasteiger partial charge in [0.05, 0.1) is 25.9 Å². The molecule has 1 aromatic carbocycles. The highest BCUT2D eigenvalue weighted by atomic mass is 19.1. The van der Waals surface area contributed by atoms with Gasteiger partial charge in [-0.05, 0) is 18.9 Å². The summed E-state index contributed by atoms with van der Waals surface area (Å²) >= 11 is 0. The Bertz CT molecular complexity index is 537. The summed E-state index contributed by atoms with van der Waals surface area (Å²) in [5, 5.41) is 9.85. The number of hydrogen-bond acceptors (Lipinski definition) is 4. The van der Waals surface area contributed by atoms with Gasteiger partial charge in [-0.25, -0.2) is 4.39 Å². The molecule has 0 aromatic heterocycles. The number of hydrogen-bond donors (Lipinski definition) is 0. The Morgan fingerprint density at radius 3 is 2.80 bits per heavy atom. The number of para-hydroxylation sites is 1. The van der Waals surface area contributed by atoms with Gasteiger partial charge < -0.3 is 9.47 Å². The Morgan fingerprint density at radius 2 is 2.05 bits per heavy atom. The minimum Gasteiger partial charge on any atom is -0.490 e. The van der Waals surface area contributed by atoms with Crippen LogP contribution in [0.2, 0.25) is 0 Å². The zero-order chi connectivity index (χ0) is 14.0. The number of benzene rings is 1. The number of fused-ring (bicyclic) bond motifs is 1. The maximum atomic E-state index is 14.0. The third kappa shape index (κ3) is 2.05. The first-order valence-corrected chi connectivity index (χ1v) is 6.94. The first-order valence-electron chi connectivity index (χ1n) is 6.94. The summed E-state index contributed by atoms with van der Waals surface area (Å²) in [6.45, 7) is 3.03. The van der Waals surface area contributed by atoms with E-state index in [1.807, 2.05) is 6.07 Å². The quantitative estimate of drug-likeness (QED) is 0.787. The standard InChI is InChI=1S/C15H17FN2O2/c16-13-4-1-3-12-14(13)20-8-2-5-15(12,11-17)18-6-9-19-10-7-18/h1,3-4H,2,5-10H2. The highest BCUT2D eigenvalue weighted by molar-refractivity contribution is 5.45. The molecule has 2 aliphatic rings. The van der Waals surface area contributed by atoms with Crippen molar-refractivity contribution in [2.75, 3.05) is 32.9 Å². The van der Waals surface area contributed by atoms with E-state index >= 15 is 0 Å². The van der Waals surface area contributed by atoms with Crippen molar-refractivity contribution in [1.82, 2.24) is 4.90 Å². The Hall–Kier alpha value is -1.64. The molecule has 1 unspecified atom stereocenters. The van der Waals surface area contributed by atoms with Crippen LogP contribution < -0.4 is 4.74 Å². The molecule has 106 valence electrons. The number of nitriles is 1. The number of nitrogens with zero attached hydrogens (tertiary/aromatic N) is 2. The summed E-state index contributed by atoms with van der Waals surface area (Å²) in [7, 11) is 0. The van der Waals surface area contributed by atoms with Gasteiger partial charge in [0.2, 0.25) is 0 Å². The van der Waals surface area contributed by atoms with Crippen LogP contribution in [0.15, 0.2) is 18.2 Å². The molecule has 1 atom stereocenters. The SMILES string of the molecule is N#CC1(N2CCOCC2)CCCOc2c(F)cccc21. The van der Waals surface area contributed by atoms with Gasteiger partial charge in [-0.2, -0.15) is 5.26 Å². The molecule has 0 aliphatic carbocycles. The molecule has 0 bridgehead atoms. The average molecular weight is 276 g/mol. The van der Waals surface area contributed by atoms with E-state index in [-0.39, 0.29) is 5.75 Å². The zero-order valence-electron chi connectivity index (χ0n) is 11.3. The molecular weight excluding hydrogens is 259 g/mol. The van der Waals surface area contributed by atoms with Crippen LogP contribution in [0.5, 0.6) is 5.75 Å². The Morgan fingerprint density at radius 1 is 1.25 bits per heavy atom. The lowest BCUT2D eigenvalue weighted by Crippen LogP contribution is -2.50. The second kappa shape index (κ2) is 5.39. The van der Waals surface area contributed by atoms with Crippen LogP contribution in [0.4, 0.5) is 4.39 Å². The molecule has 0 spiro atoms. The second-order valence-corrected chi connectivity index (χ2v) is 5.14. The van der Waals surface area contributed by atoms with Crippen LogP contribution in [0.3, 0.4) is 0 Å². The van der Waals surface area contributed by atoms with Gasteiger partial charge in [0.15, 0.2) is 11.6 Å². The summed E-state index contributed by atoms with van der Waals surface area (Å²) < 4.78 is 24.9. The van der Waals surface area contributed by atoms with Crippen LogP contribution in [0.25, 0.3) is 0 Å². The number of ether oxygens (including phenoxy) is 2. The van der Waals surface area contributed by atoms with E-state index in [1.54, 1.807) is 6.07 Å². The van der Waals surface area contributed by atoms with E-state index in [0.29, 0.717) is 44.9 Å². The van der Waals surface area contributed by atoms with Gasteiger partial charge in [-0.15, -0.1) is 0 Å². The van der Waals surface area contributed by atoms with Crippen LogP contribution in [0.1, 0.15) is 18.4 Å². The molecule has 0 amide bonds. The zero-order valence-corrected chi connectivity index (χ0v) is 11.3. The van der Waals surface area contributed by atoms with Crippen LogP contribution >= 0.6 is 0 Å². The van der Waals surface area contributed by atoms with E-state index < -0.39 is 11.4 Å². The van der Waals surface area contributed by atoms with E-state index in [2.05, 4.69) is 11.0 Å². The number of morpholine rings is 1. The second-order valence-electron chi connectivity index (χ2n) is 5.14. The lowest BCUT2D eigenvalue weighted by molar-refractivity contribution is -0.00767. The minimum absolute atomic E-state index is 0.234. The average Bonchev–Trinajstić information content (AvgIpc) is 2.69. The molecule has 3 rings (SSSR count). The monoisotopic (exact) mass is 276 g/mol. The lowest BCUT2D eigenvalue weighted by Gasteiger charge is -2.40. The van der Waals surface area contributed by atoms with Gasteiger partial charge in [0.1, 0.15) is 5.54 Å². The molecule has 20 heavy (non-hydrogen) atoms. The van der Waals surface area contributed by atoms with Gasteiger partial charge >= 0.3 is 0 Å². The van der Waals surface area contributed by atoms with Crippen LogP contribution in [-0.2, 0) is 10.3 Å². The molecule has 1 aromatic rings. The minimum atomic E-state index is -0.808. The third-order valence-electron chi connectivity index (χ3n) is 4.08. The van der Waals surface area contributed by atoms with Crippen molar-refractivity contribution in [3.05, 3.63) is 29.6 Å². The molecule has 0 radical (unpaired) electrons. The van der Waals surface area contributed by atoms with Crippen molar-refractivity contribution >= 4 is 0 Å². The fourth-order valence-electron chi connectivity index (χ4n) is 3.08. The fourth-order valence-corrected chi connectivity index (χ4v) is 3.08. The molecule has 0 N–H and O–H groups in total. The lowest BCUT2D eigenvalue weighted by atomic mass is 9.84. The van der Waals surface area contributed by atoms with Gasteiger partial charge in [0, 0.05) is 18.7 Å². The molecular formula is C15H17FN2O2. The molecule has 2 aliphatic heterocycles.